The van der Waals surface area contributed by atoms with Crippen LogP contribution in [0, 0.1) is 11.8 Å². The average molecular weight is 587 g/mol. The highest BCUT2D eigenvalue weighted by Crippen LogP contribution is 2.30. The van der Waals surface area contributed by atoms with E-state index >= 15 is 0 Å². The van der Waals surface area contributed by atoms with E-state index in [1.807, 2.05) is 36.4 Å². The first-order valence-corrected chi connectivity index (χ1v) is 14.7. The quantitative estimate of drug-likeness (QED) is 0.178. The lowest BCUT2D eigenvalue weighted by atomic mass is 9.84. The molecular formula is C35H39ClN2O4. The number of aliphatic carboxylic acids is 1. The van der Waals surface area contributed by atoms with Gasteiger partial charge in [0.25, 0.3) is 5.91 Å². The van der Waals surface area contributed by atoms with Gasteiger partial charge in [-0.15, -0.1) is 0 Å². The number of carboxylic acids is 1. The number of amides is 1. The molecule has 0 bridgehead atoms. The molecular weight excluding hydrogens is 548 g/mol. The van der Waals surface area contributed by atoms with Crippen molar-refractivity contribution in [3.8, 4) is 0 Å². The molecule has 0 aliphatic rings. The molecule has 0 spiro atoms. The number of Topliss-reactive ketones (excluding diaryl/α,β-unsaturated/α-hetero) is 1. The van der Waals surface area contributed by atoms with Gasteiger partial charge in [0.15, 0.2) is 5.78 Å². The van der Waals surface area contributed by atoms with E-state index < -0.39 is 5.97 Å². The molecule has 0 fully saturated rings. The number of rotatable bonds is 11. The van der Waals surface area contributed by atoms with Crippen molar-refractivity contribution in [1.82, 2.24) is 9.88 Å². The Morgan fingerprint density at radius 3 is 2.14 bits per heavy atom. The molecule has 0 saturated heterocycles. The van der Waals surface area contributed by atoms with Gasteiger partial charge in [-0.1, -0.05) is 82.6 Å². The summed E-state index contributed by atoms with van der Waals surface area (Å²) >= 11 is 6.33. The van der Waals surface area contributed by atoms with E-state index in [2.05, 4.69) is 68.8 Å². The number of nitrogens with one attached hydrogen (secondary N) is 1. The Labute approximate surface area is 252 Å². The second-order valence-corrected chi connectivity index (χ2v) is 12.7. The zero-order chi connectivity index (χ0) is 30.6. The summed E-state index contributed by atoms with van der Waals surface area (Å²) in [4.78, 5) is 37.3. The van der Waals surface area contributed by atoms with E-state index in [9.17, 15) is 14.4 Å². The van der Waals surface area contributed by atoms with Gasteiger partial charge >= 0.3 is 5.97 Å². The van der Waals surface area contributed by atoms with Gasteiger partial charge in [-0.05, 0) is 70.8 Å². The fourth-order valence-electron chi connectivity index (χ4n) is 5.16. The molecule has 0 aliphatic heterocycles. The number of carbonyl (C=O) groups is 3. The van der Waals surface area contributed by atoms with Crippen LogP contribution in [0.4, 0.5) is 0 Å². The van der Waals surface area contributed by atoms with Crippen LogP contribution in [0.15, 0.2) is 72.8 Å². The van der Waals surface area contributed by atoms with Gasteiger partial charge in [-0.3, -0.25) is 14.4 Å². The molecule has 3 aromatic carbocycles. The first-order chi connectivity index (χ1) is 19.8. The second-order valence-electron chi connectivity index (χ2n) is 12.3. The fraction of sp³-hybridized carbons (Fsp3) is 0.343. The number of aromatic nitrogens is 1. The van der Waals surface area contributed by atoms with Crippen LogP contribution in [-0.4, -0.2) is 33.9 Å². The SMILES string of the molecule is CC(C)C(Cc1ccc(C(=O)NCCC(=O)O)cc1)C(=O)c1cc2cc(Cl)ccc2n1Cc1ccc(C(C)(C)C)cc1. The number of benzene rings is 3. The Kier molecular flexibility index (Phi) is 9.57. The summed E-state index contributed by atoms with van der Waals surface area (Å²) in [5, 5.41) is 13.0. The zero-order valence-electron chi connectivity index (χ0n) is 24.9. The minimum atomic E-state index is -0.962. The van der Waals surface area contributed by atoms with Crippen LogP contribution in [0.1, 0.15) is 78.6 Å². The number of fused-ring (bicyclic) bond motifs is 1. The smallest absolute Gasteiger partial charge is 0.305 e. The van der Waals surface area contributed by atoms with Crippen molar-refractivity contribution in [2.24, 2.45) is 11.8 Å². The Morgan fingerprint density at radius 1 is 0.905 bits per heavy atom. The number of hydrogen-bond donors (Lipinski definition) is 2. The highest BCUT2D eigenvalue weighted by atomic mass is 35.5. The van der Waals surface area contributed by atoms with Gasteiger partial charge in [0.1, 0.15) is 0 Å². The minimum Gasteiger partial charge on any atom is -0.481 e. The maximum absolute atomic E-state index is 14.2. The van der Waals surface area contributed by atoms with E-state index in [1.165, 1.54) is 5.56 Å². The number of carboxylic acid groups (broad SMARTS) is 1. The first kappa shape index (κ1) is 31.0. The molecule has 7 heteroatoms. The standard InChI is InChI=1S/C35H39ClN2O4/c1-22(2)29(18-23-6-10-25(11-7-23)34(42)37-17-16-32(39)40)33(41)31-20-26-19-28(36)14-15-30(26)38(31)21-24-8-12-27(13-9-24)35(3,4)5/h6-15,19-20,22,29H,16-18,21H2,1-5H3,(H,37,42)(H,39,40). The Balaban J connectivity index is 1.60. The molecule has 2 N–H and O–H groups in total. The van der Waals surface area contributed by atoms with Crippen molar-refractivity contribution in [3.05, 3.63) is 106 Å². The summed E-state index contributed by atoms with van der Waals surface area (Å²) in [6, 6.07) is 23.4. The molecule has 0 saturated carbocycles. The predicted octanol–water partition coefficient (Wildman–Crippen LogP) is 7.54. The normalized spacial score (nSPS) is 12.5. The van der Waals surface area contributed by atoms with Gasteiger partial charge in [-0.25, -0.2) is 0 Å². The maximum Gasteiger partial charge on any atom is 0.305 e. The van der Waals surface area contributed by atoms with Crippen LogP contribution in [0.5, 0.6) is 0 Å². The van der Waals surface area contributed by atoms with E-state index in [-0.39, 0.29) is 41.9 Å². The summed E-state index contributed by atoms with van der Waals surface area (Å²) in [6.07, 6.45) is 0.396. The van der Waals surface area contributed by atoms with Crippen LogP contribution < -0.4 is 5.32 Å². The second kappa shape index (κ2) is 13.0. The molecule has 4 rings (SSSR count). The van der Waals surface area contributed by atoms with Gasteiger partial charge in [0.2, 0.25) is 0 Å². The molecule has 1 unspecified atom stereocenters. The number of carbonyl (C=O) groups excluding carboxylic acids is 2. The molecule has 42 heavy (non-hydrogen) atoms. The lowest BCUT2D eigenvalue weighted by Crippen LogP contribution is -2.26. The number of halogens is 1. The average Bonchev–Trinajstić information content (AvgIpc) is 3.28. The summed E-state index contributed by atoms with van der Waals surface area (Å²) in [5.74, 6) is -1.41. The lowest BCUT2D eigenvalue weighted by molar-refractivity contribution is -0.136. The molecule has 1 heterocycles. The third kappa shape index (κ3) is 7.48. The molecule has 6 nitrogen and oxygen atoms in total. The summed E-state index contributed by atoms with van der Waals surface area (Å²) in [5.41, 5.74) is 5.45. The highest BCUT2D eigenvalue weighted by Gasteiger charge is 2.28. The van der Waals surface area contributed by atoms with E-state index in [0.717, 1.165) is 22.0 Å². The lowest BCUT2D eigenvalue weighted by Gasteiger charge is -2.22. The van der Waals surface area contributed by atoms with E-state index in [1.54, 1.807) is 12.1 Å². The van der Waals surface area contributed by atoms with Crippen molar-refractivity contribution in [2.75, 3.05) is 6.54 Å². The Morgan fingerprint density at radius 2 is 1.55 bits per heavy atom. The first-order valence-electron chi connectivity index (χ1n) is 14.3. The molecule has 0 radical (unpaired) electrons. The highest BCUT2D eigenvalue weighted by molar-refractivity contribution is 6.31. The van der Waals surface area contributed by atoms with E-state index in [0.29, 0.717) is 29.2 Å². The van der Waals surface area contributed by atoms with Gasteiger partial charge in [0.05, 0.1) is 12.1 Å². The number of ketones is 1. The van der Waals surface area contributed by atoms with Crippen molar-refractivity contribution < 1.29 is 19.5 Å². The predicted molar refractivity (Wildman–Crippen MR) is 169 cm³/mol. The van der Waals surface area contributed by atoms with Gasteiger partial charge < -0.3 is 15.0 Å². The maximum atomic E-state index is 14.2. The van der Waals surface area contributed by atoms with Crippen LogP contribution in [-0.2, 0) is 23.2 Å². The van der Waals surface area contributed by atoms with Crippen LogP contribution in [0.25, 0.3) is 10.9 Å². The van der Waals surface area contributed by atoms with Gasteiger partial charge in [-0.2, -0.15) is 0 Å². The van der Waals surface area contributed by atoms with E-state index in [4.69, 9.17) is 16.7 Å². The van der Waals surface area contributed by atoms with Crippen molar-refractivity contribution >= 4 is 40.2 Å². The third-order valence-electron chi connectivity index (χ3n) is 7.71. The molecule has 0 aliphatic carbocycles. The summed E-state index contributed by atoms with van der Waals surface area (Å²) < 4.78 is 2.10. The van der Waals surface area contributed by atoms with Crippen molar-refractivity contribution in [2.45, 2.75) is 59.4 Å². The monoisotopic (exact) mass is 586 g/mol. The van der Waals surface area contributed by atoms with Crippen LogP contribution in [0.2, 0.25) is 5.02 Å². The number of hydrogen-bond acceptors (Lipinski definition) is 3. The molecule has 1 amide bonds. The molecule has 220 valence electrons. The zero-order valence-corrected chi connectivity index (χ0v) is 25.7. The van der Waals surface area contributed by atoms with Crippen molar-refractivity contribution in [3.63, 3.8) is 0 Å². The summed E-state index contributed by atoms with van der Waals surface area (Å²) in [6.45, 7) is 11.3. The van der Waals surface area contributed by atoms with Crippen LogP contribution >= 0.6 is 11.6 Å². The van der Waals surface area contributed by atoms with Crippen LogP contribution in [0.3, 0.4) is 0 Å². The summed E-state index contributed by atoms with van der Waals surface area (Å²) in [7, 11) is 0. The van der Waals surface area contributed by atoms with Crippen molar-refractivity contribution in [1.29, 1.82) is 0 Å². The Bertz CT molecular complexity index is 1580. The molecule has 1 atom stereocenters. The molecule has 4 aromatic rings. The Hall–Kier alpha value is -3.90. The number of nitrogens with zero attached hydrogens (tertiary/aromatic N) is 1. The molecule has 1 aromatic heterocycles. The van der Waals surface area contributed by atoms with Gasteiger partial charge in [0, 0.05) is 40.5 Å². The minimum absolute atomic E-state index is 0.0589. The third-order valence-corrected chi connectivity index (χ3v) is 7.95. The topological polar surface area (TPSA) is 88.4 Å². The largest absolute Gasteiger partial charge is 0.481 e. The fourth-order valence-corrected chi connectivity index (χ4v) is 5.34.